The smallest absolute Gasteiger partial charge is 0.222 e. The number of rotatable bonds is 0. The van der Waals surface area contributed by atoms with Gasteiger partial charge in [0.2, 0.25) is 5.78 Å². The van der Waals surface area contributed by atoms with E-state index in [0.29, 0.717) is 5.84 Å². The van der Waals surface area contributed by atoms with Crippen molar-refractivity contribution in [3.05, 3.63) is 12.3 Å². The quantitative estimate of drug-likeness (QED) is 0.457. The molecule has 0 aromatic heterocycles. The van der Waals surface area contributed by atoms with E-state index in [0.717, 1.165) is 0 Å². The number of hydrogen-bond acceptors (Lipinski definition) is 3. The molecule has 48 valence electrons. The molecule has 0 aliphatic carbocycles. The van der Waals surface area contributed by atoms with Crippen LogP contribution in [0.5, 0.6) is 0 Å². The molecule has 0 aromatic rings. The van der Waals surface area contributed by atoms with E-state index in [1.54, 1.807) is 19.0 Å². The van der Waals surface area contributed by atoms with Gasteiger partial charge in [-0.05, 0) is 0 Å². The van der Waals surface area contributed by atoms with E-state index in [9.17, 15) is 4.79 Å². The van der Waals surface area contributed by atoms with Gasteiger partial charge < -0.3 is 4.90 Å². The second kappa shape index (κ2) is 2.01. The van der Waals surface area contributed by atoms with Crippen molar-refractivity contribution in [2.45, 2.75) is 0 Å². The summed E-state index contributed by atoms with van der Waals surface area (Å²) in [4.78, 5) is 16.3. The predicted octanol–water partition coefficient (Wildman–Crippen LogP) is 0.0429. The molecule has 0 bridgehead atoms. The van der Waals surface area contributed by atoms with Crippen LogP contribution in [0.2, 0.25) is 0 Å². The van der Waals surface area contributed by atoms with Crippen molar-refractivity contribution in [3.8, 4) is 0 Å². The van der Waals surface area contributed by atoms with Gasteiger partial charge in [0, 0.05) is 26.4 Å². The fourth-order valence-electron chi connectivity index (χ4n) is 0.650. The Bertz CT molecular complexity index is 191. The largest absolute Gasteiger partial charge is 0.359 e. The third-order valence-electron chi connectivity index (χ3n) is 1.07. The number of nitrogens with zero attached hydrogens (tertiary/aromatic N) is 2. The molecule has 3 heteroatoms. The topological polar surface area (TPSA) is 32.7 Å². The minimum atomic E-state index is -0.0139. The fourth-order valence-corrected chi connectivity index (χ4v) is 0.650. The lowest BCUT2D eigenvalue weighted by molar-refractivity contribution is -0.109. The first-order valence-electron chi connectivity index (χ1n) is 2.68. The SMILES string of the molecule is CN(C)C1=NC=CC1=O. The van der Waals surface area contributed by atoms with E-state index in [-0.39, 0.29) is 5.78 Å². The normalized spacial score (nSPS) is 16.2. The highest BCUT2D eigenvalue weighted by Gasteiger charge is 2.12. The van der Waals surface area contributed by atoms with Crippen LogP contribution in [-0.2, 0) is 4.79 Å². The van der Waals surface area contributed by atoms with Crippen molar-refractivity contribution in [1.29, 1.82) is 0 Å². The molecule has 0 aromatic carbocycles. The van der Waals surface area contributed by atoms with Gasteiger partial charge in [-0.3, -0.25) is 4.79 Å². The van der Waals surface area contributed by atoms with Gasteiger partial charge in [-0.15, -0.1) is 0 Å². The van der Waals surface area contributed by atoms with Crippen LogP contribution in [0.4, 0.5) is 0 Å². The lowest BCUT2D eigenvalue weighted by atomic mass is 10.4. The van der Waals surface area contributed by atoms with Crippen molar-refractivity contribution < 1.29 is 4.79 Å². The third kappa shape index (κ3) is 0.988. The van der Waals surface area contributed by atoms with Crippen LogP contribution in [0.15, 0.2) is 17.3 Å². The number of carbonyl (C=O) groups is 1. The molecular formula is C6H8N2O. The van der Waals surface area contributed by atoms with Gasteiger partial charge >= 0.3 is 0 Å². The molecule has 0 spiro atoms. The first-order valence-corrected chi connectivity index (χ1v) is 2.68. The summed E-state index contributed by atoms with van der Waals surface area (Å²) in [5.41, 5.74) is 0. The molecule has 0 fully saturated rings. The maximum Gasteiger partial charge on any atom is 0.222 e. The van der Waals surface area contributed by atoms with Gasteiger partial charge in [0.1, 0.15) is 0 Å². The Balaban J connectivity index is 2.76. The van der Waals surface area contributed by atoms with Crippen molar-refractivity contribution in [2.24, 2.45) is 4.99 Å². The van der Waals surface area contributed by atoms with Crippen LogP contribution in [0.3, 0.4) is 0 Å². The van der Waals surface area contributed by atoms with Gasteiger partial charge in [0.15, 0.2) is 5.84 Å². The third-order valence-corrected chi connectivity index (χ3v) is 1.07. The Morgan fingerprint density at radius 1 is 1.56 bits per heavy atom. The van der Waals surface area contributed by atoms with Gasteiger partial charge in [-0.1, -0.05) is 0 Å². The van der Waals surface area contributed by atoms with E-state index in [2.05, 4.69) is 4.99 Å². The Hall–Kier alpha value is -1.12. The minimum absolute atomic E-state index is 0.0139. The molecule has 0 saturated carbocycles. The number of likely N-dealkylation sites (N-methyl/N-ethyl adjacent to an activating group) is 1. The molecule has 9 heavy (non-hydrogen) atoms. The van der Waals surface area contributed by atoms with Crippen LogP contribution in [0.25, 0.3) is 0 Å². The Morgan fingerprint density at radius 3 is 2.44 bits per heavy atom. The summed E-state index contributed by atoms with van der Waals surface area (Å²) in [6.07, 6.45) is 2.97. The first-order chi connectivity index (χ1) is 4.22. The second-order valence-corrected chi connectivity index (χ2v) is 2.03. The first kappa shape index (κ1) is 6.01. The maximum absolute atomic E-state index is 10.8. The summed E-state index contributed by atoms with van der Waals surface area (Å²) in [5.74, 6) is 0.495. The average molecular weight is 124 g/mol. The lowest BCUT2D eigenvalue weighted by Gasteiger charge is -2.08. The summed E-state index contributed by atoms with van der Waals surface area (Å²) in [6, 6.07) is 0. The Labute approximate surface area is 53.7 Å². The van der Waals surface area contributed by atoms with Crippen LogP contribution >= 0.6 is 0 Å². The molecular weight excluding hydrogens is 116 g/mol. The zero-order chi connectivity index (χ0) is 6.85. The fraction of sp³-hybridized carbons (Fsp3) is 0.333. The summed E-state index contributed by atoms with van der Waals surface area (Å²) < 4.78 is 0. The molecule has 0 amide bonds. The summed E-state index contributed by atoms with van der Waals surface area (Å²) in [5, 5.41) is 0. The molecule has 3 nitrogen and oxygen atoms in total. The number of aliphatic imine (C=N–C) groups is 1. The highest BCUT2D eigenvalue weighted by molar-refractivity contribution is 6.44. The maximum atomic E-state index is 10.8. The molecule has 1 aliphatic heterocycles. The van der Waals surface area contributed by atoms with E-state index >= 15 is 0 Å². The second-order valence-electron chi connectivity index (χ2n) is 2.03. The standard InChI is InChI=1S/C6H8N2O/c1-8(2)6-5(9)3-4-7-6/h3-4H,1-2H3. The molecule has 0 N–H and O–H groups in total. The highest BCUT2D eigenvalue weighted by atomic mass is 16.1. The monoisotopic (exact) mass is 124 g/mol. The number of carbonyl (C=O) groups excluding carboxylic acids is 1. The van der Waals surface area contributed by atoms with Crippen LogP contribution in [-0.4, -0.2) is 30.6 Å². The van der Waals surface area contributed by atoms with Crippen LogP contribution in [0.1, 0.15) is 0 Å². The zero-order valence-electron chi connectivity index (χ0n) is 5.46. The summed E-state index contributed by atoms with van der Waals surface area (Å²) in [6.45, 7) is 0. The summed E-state index contributed by atoms with van der Waals surface area (Å²) >= 11 is 0. The molecule has 0 atom stereocenters. The van der Waals surface area contributed by atoms with Gasteiger partial charge in [-0.25, -0.2) is 4.99 Å². The van der Waals surface area contributed by atoms with Gasteiger partial charge in [0.05, 0.1) is 0 Å². The lowest BCUT2D eigenvalue weighted by Crippen LogP contribution is -2.26. The number of ketones is 1. The van der Waals surface area contributed by atoms with E-state index < -0.39 is 0 Å². The predicted molar refractivity (Wildman–Crippen MR) is 35.3 cm³/mol. The average Bonchev–Trinajstić information content (AvgIpc) is 2.13. The molecule has 0 radical (unpaired) electrons. The zero-order valence-corrected chi connectivity index (χ0v) is 5.46. The van der Waals surface area contributed by atoms with Gasteiger partial charge in [0.25, 0.3) is 0 Å². The molecule has 0 unspecified atom stereocenters. The van der Waals surface area contributed by atoms with E-state index in [1.807, 2.05) is 0 Å². The highest BCUT2D eigenvalue weighted by Crippen LogP contribution is 1.96. The number of hydrogen-bond donors (Lipinski definition) is 0. The van der Waals surface area contributed by atoms with Crippen molar-refractivity contribution in [3.63, 3.8) is 0 Å². The molecule has 1 rings (SSSR count). The summed E-state index contributed by atoms with van der Waals surface area (Å²) in [7, 11) is 3.59. The molecule has 1 heterocycles. The van der Waals surface area contributed by atoms with Crippen LogP contribution in [0, 0.1) is 0 Å². The molecule has 0 saturated heterocycles. The van der Waals surface area contributed by atoms with E-state index in [4.69, 9.17) is 0 Å². The van der Waals surface area contributed by atoms with Crippen LogP contribution < -0.4 is 0 Å². The number of amidine groups is 1. The van der Waals surface area contributed by atoms with Gasteiger partial charge in [-0.2, -0.15) is 0 Å². The van der Waals surface area contributed by atoms with Crippen molar-refractivity contribution in [2.75, 3.05) is 14.1 Å². The Morgan fingerprint density at radius 2 is 2.22 bits per heavy atom. The van der Waals surface area contributed by atoms with Crippen molar-refractivity contribution in [1.82, 2.24) is 4.90 Å². The molecule has 1 aliphatic rings. The Kier molecular flexibility index (Phi) is 1.34. The van der Waals surface area contributed by atoms with Crippen molar-refractivity contribution >= 4 is 11.6 Å². The minimum Gasteiger partial charge on any atom is -0.359 e. The van der Waals surface area contributed by atoms with E-state index in [1.165, 1.54) is 12.3 Å².